The van der Waals surface area contributed by atoms with Crippen molar-refractivity contribution >= 4 is 5.91 Å². The van der Waals surface area contributed by atoms with Gasteiger partial charge in [-0.05, 0) is 36.3 Å². The van der Waals surface area contributed by atoms with Crippen LogP contribution in [-0.2, 0) is 9.53 Å². The van der Waals surface area contributed by atoms with Gasteiger partial charge in [-0.3, -0.25) is 4.79 Å². The minimum Gasteiger partial charge on any atom is -0.381 e. The van der Waals surface area contributed by atoms with Gasteiger partial charge in [0.15, 0.2) is 0 Å². The van der Waals surface area contributed by atoms with Gasteiger partial charge in [0.05, 0.1) is 6.04 Å². The molecule has 4 nitrogen and oxygen atoms in total. The van der Waals surface area contributed by atoms with Crippen LogP contribution in [-0.4, -0.2) is 31.7 Å². The molecule has 1 heterocycles. The maximum Gasteiger partial charge on any atom is 0.237 e. The molecule has 0 saturated carbocycles. The molecule has 1 fully saturated rings. The molecule has 0 aliphatic carbocycles. The van der Waals surface area contributed by atoms with E-state index in [1.54, 1.807) is 0 Å². The molecule has 1 aliphatic heterocycles. The van der Waals surface area contributed by atoms with Crippen molar-refractivity contribution in [3.8, 4) is 0 Å². The Labute approximate surface area is 155 Å². The molecule has 1 aliphatic rings. The van der Waals surface area contributed by atoms with E-state index < -0.39 is 6.04 Å². The van der Waals surface area contributed by atoms with Crippen molar-refractivity contribution in [2.75, 3.05) is 19.8 Å². The van der Waals surface area contributed by atoms with E-state index in [9.17, 15) is 4.79 Å². The highest BCUT2D eigenvalue weighted by molar-refractivity contribution is 5.81. The lowest BCUT2D eigenvalue weighted by atomic mass is 9.88. The van der Waals surface area contributed by atoms with Crippen molar-refractivity contribution < 1.29 is 9.53 Å². The number of amides is 1. The van der Waals surface area contributed by atoms with Gasteiger partial charge in [-0.1, -0.05) is 60.7 Å². The summed E-state index contributed by atoms with van der Waals surface area (Å²) < 4.78 is 5.35. The summed E-state index contributed by atoms with van der Waals surface area (Å²) >= 11 is 0. The van der Waals surface area contributed by atoms with Crippen molar-refractivity contribution in [1.29, 1.82) is 0 Å². The Morgan fingerprint density at radius 1 is 1.00 bits per heavy atom. The monoisotopic (exact) mass is 352 g/mol. The molecule has 2 aromatic rings. The summed E-state index contributed by atoms with van der Waals surface area (Å²) in [5.41, 5.74) is 8.69. The number of rotatable bonds is 7. The minimum atomic E-state index is -0.439. The SMILES string of the molecule is NC(C(=O)NCCC(c1ccccc1)c1ccccc1)C1CCOCC1. The molecule has 1 atom stereocenters. The van der Waals surface area contributed by atoms with E-state index in [1.165, 1.54) is 11.1 Å². The lowest BCUT2D eigenvalue weighted by molar-refractivity contribution is -0.124. The summed E-state index contributed by atoms with van der Waals surface area (Å²) in [5, 5.41) is 3.04. The van der Waals surface area contributed by atoms with Gasteiger partial charge < -0.3 is 15.8 Å². The number of nitrogens with one attached hydrogen (secondary N) is 1. The molecule has 4 heteroatoms. The molecule has 3 N–H and O–H groups in total. The number of hydrogen-bond donors (Lipinski definition) is 2. The van der Waals surface area contributed by atoms with Gasteiger partial charge in [-0.15, -0.1) is 0 Å². The van der Waals surface area contributed by atoms with Gasteiger partial charge in [-0.2, -0.15) is 0 Å². The zero-order valence-corrected chi connectivity index (χ0v) is 15.1. The molecule has 0 bridgehead atoms. The molecule has 0 radical (unpaired) electrons. The summed E-state index contributed by atoms with van der Waals surface area (Å²) in [5.74, 6) is 0.441. The molecule has 1 amide bonds. The average Bonchev–Trinajstić information content (AvgIpc) is 2.72. The first kappa shape index (κ1) is 18.6. The lowest BCUT2D eigenvalue weighted by Gasteiger charge is -2.27. The van der Waals surface area contributed by atoms with Gasteiger partial charge in [0.2, 0.25) is 5.91 Å². The Bertz CT molecular complexity index is 630. The van der Waals surface area contributed by atoms with E-state index in [0.717, 1.165) is 19.3 Å². The second-order valence-electron chi connectivity index (χ2n) is 6.93. The largest absolute Gasteiger partial charge is 0.381 e. The molecule has 2 aromatic carbocycles. The Morgan fingerprint density at radius 3 is 2.08 bits per heavy atom. The fourth-order valence-electron chi connectivity index (χ4n) is 3.64. The number of nitrogens with two attached hydrogens (primary N) is 1. The van der Waals surface area contributed by atoms with Crippen LogP contribution in [0.1, 0.15) is 36.3 Å². The third-order valence-corrected chi connectivity index (χ3v) is 5.21. The zero-order chi connectivity index (χ0) is 18.2. The standard InChI is InChI=1S/C22H28N2O2/c23-21(19-12-15-26-16-13-19)22(25)24-14-11-20(17-7-3-1-4-8-17)18-9-5-2-6-10-18/h1-10,19-21H,11-16,23H2,(H,24,25). The van der Waals surface area contributed by atoms with Gasteiger partial charge in [0, 0.05) is 25.7 Å². The summed E-state index contributed by atoms with van der Waals surface area (Å²) in [6, 6.07) is 20.4. The number of ether oxygens (including phenoxy) is 1. The number of benzene rings is 2. The first-order valence-corrected chi connectivity index (χ1v) is 9.46. The first-order chi connectivity index (χ1) is 12.8. The van der Waals surface area contributed by atoms with Crippen LogP contribution in [0.2, 0.25) is 0 Å². The third kappa shape index (κ3) is 4.93. The van der Waals surface area contributed by atoms with Crippen molar-refractivity contribution in [2.45, 2.75) is 31.2 Å². The molecule has 1 unspecified atom stereocenters. The van der Waals surface area contributed by atoms with Gasteiger partial charge >= 0.3 is 0 Å². The topological polar surface area (TPSA) is 64.4 Å². The second-order valence-corrected chi connectivity index (χ2v) is 6.93. The Balaban J connectivity index is 1.59. The van der Waals surface area contributed by atoms with E-state index in [0.29, 0.717) is 19.8 Å². The summed E-state index contributed by atoms with van der Waals surface area (Å²) in [6.45, 7) is 2.02. The van der Waals surface area contributed by atoms with Crippen LogP contribution in [0.4, 0.5) is 0 Å². The quantitative estimate of drug-likeness (QED) is 0.805. The number of carbonyl (C=O) groups is 1. The van der Waals surface area contributed by atoms with E-state index in [1.807, 2.05) is 12.1 Å². The summed E-state index contributed by atoms with van der Waals surface area (Å²) in [7, 11) is 0. The van der Waals surface area contributed by atoms with Crippen molar-refractivity contribution in [3.63, 3.8) is 0 Å². The van der Waals surface area contributed by atoms with Crippen molar-refractivity contribution in [1.82, 2.24) is 5.32 Å². The fraction of sp³-hybridized carbons (Fsp3) is 0.409. The van der Waals surface area contributed by atoms with Crippen LogP contribution in [0.3, 0.4) is 0 Å². The van der Waals surface area contributed by atoms with Crippen LogP contribution in [0, 0.1) is 5.92 Å². The van der Waals surface area contributed by atoms with Crippen LogP contribution in [0.5, 0.6) is 0 Å². The highest BCUT2D eigenvalue weighted by Gasteiger charge is 2.26. The summed E-state index contributed by atoms with van der Waals surface area (Å²) in [4.78, 5) is 12.4. The molecule has 26 heavy (non-hydrogen) atoms. The van der Waals surface area contributed by atoms with Crippen LogP contribution < -0.4 is 11.1 Å². The molecular formula is C22H28N2O2. The van der Waals surface area contributed by atoms with Crippen molar-refractivity contribution in [3.05, 3.63) is 71.8 Å². The number of carbonyl (C=O) groups excluding carboxylic acids is 1. The lowest BCUT2D eigenvalue weighted by Crippen LogP contribution is -2.47. The molecule has 0 aromatic heterocycles. The third-order valence-electron chi connectivity index (χ3n) is 5.21. The molecule has 0 spiro atoms. The van der Waals surface area contributed by atoms with Gasteiger partial charge in [0.25, 0.3) is 0 Å². The minimum absolute atomic E-state index is 0.0447. The van der Waals surface area contributed by atoms with Gasteiger partial charge in [-0.25, -0.2) is 0 Å². The Hall–Kier alpha value is -2.17. The van der Waals surface area contributed by atoms with Crippen molar-refractivity contribution in [2.24, 2.45) is 11.7 Å². The molecule has 3 rings (SSSR count). The Morgan fingerprint density at radius 2 is 1.54 bits per heavy atom. The van der Waals surface area contributed by atoms with E-state index >= 15 is 0 Å². The maximum atomic E-state index is 12.4. The predicted octanol–water partition coefficient (Wildman–Crippen LogP) is 3.08. The fourth-order valence-corrected chi connectivity index (χ4v) is 3.64. The second kappa shape index (κ2) is 9.51. The molecule has 1 saturated heterocycles. The van der Waals surface area contributed by atoms with E-state index in [2.05, 4.69) is 53.8 Å². The first-order valence-electron chi connectivity index (χ1n) is 9.46. The highest BCUT2D eigenvalue weighted by Crippen LogP contribution is 2.27. The molecule has 138 valence electrons. The Kier molecular flexibility index (Phi) is 6.81. The van der Waals surface area contributed by atoms with Crippen LogP contribution >= 0.6 is 0 Å². The zero-order valence-electron chi connectivity index (χ0n) is 15.1. The van der Waals surface area contributed by atoms with Crippen LogP contribution in [0.15, 0.2) is 60.7 Å². The van der Waals surface area contributed by atoms with Crippen LogP contribution in [0.25, 0.3) is 0 Å². The normalized spacial score (nSPS) is 16.4. The highest BCUT2D eigenvalue weighted by atomic mass is 16.5. The number of hydrogen-bond acceptors (Lipinski definition) is 3. The smallest absolute Gasteiger partial charge is 0.237 e. The average molecular weight is 352 g/mol. The summed E-state index contributed by atoms with van der Waals surface area (Å²) in [6.07, 6.45) is 2.58. The van der Waals surface area contributed by atoms with E-state index in [-0.39, 0.29) is 17.7 Å². The molecular weight excluding hydrogens is 324 g/mol. The van der Waals surface area contributed by atoms with Gasteiger partial charge in [0.1, 0.15) is 0 Å². The van der Waals surface area contributed by atoms with E-state index in [4.69, 9.17) is 10.5 Å². The maximum absolute atomic E-state index is 12.4. The predicted molar refractivity (Wildman–Crippen MR) is 104 cm³/mol.